The van der Waals surface area contributed by atoms with Crippen LogP contribution in [0.3, 0.4) is 0 Å². The van der Waals surface area contributed by atoms with Gasteiger partial charge in [0.15, 0.2) is 5.78 Å². The molecule has 120 valence electrons. The Labute approximate surface area is 129 Å². The van der Waals surface area contributed by atoms with E-state index < -0.39 is 29.3 Å². The van der Waals surface area contributed by atoms with Crippen LogP contribution in [0.1, 0.15) is 44.6 Å². The molecule has 1 rings (SSSR count). The Hall–Kier alpha value is -2.31. The fraction of sp³-hybridized carbons (Fsp3) is 0.533. The molecule has 0 aromatic carbocycles. The normalized spacial score (nSPS) is 14.0. The molecular formula is C15H21N3O4. The van der Waals surface area contributed by atoms with Gasteiger partial charge < -0.3 is 10.4 Å². The van der Waals surface area contributed by atoms with Crippen molar-refractivity contribution in [2.24, 2.45) is 11.3 Å². The fourth-order valence-corrected chi connectivity index (χ4v) is 1.91. The molecule has 22 heavy (non-hydrogen) atoms. The molecular weight excluding hydrogens is 286 g/mol. The Kier molecular flexibility index (Phi) is 5.73. The summed E-state index contributed by atoms with van der Waals surface area (Å²) in [7, 11) is 0. The van der Waals surface area contributed by atoms with Crippen molar-refractivity contribution in [2.45, 2.75) is 40.2 Å². The Morgan fingerprint density at radius 1 is 1.32 bits per heavy atom. The van der Waals surface area contributed by atoms with E-state index in [-0.39, 0.29) is 17.9 Å². The van der Waals surface area contributed by atoms with Gasteiger partial charge in [-0.2, -0.15) is 0 Å². The summed E-state index contributed by atoms with van der Waals surface area (Å²) in [5, 5.41) is 11.3. The fourth-order valence-electron chi connectivity index (χ4n) is 1.91. The number of hydrogen-bond acceptors (Lipinski definition) is 5. The minimum atomic E-state index is -1.12. The van der Waals surface area contributed by atoms with E-state index >= 15 is 0 Å². The van der Waals surface area contributed by atoms with E-state index in [1.165, 1.54) is 25.5 Å². The molecule has 1 heterocycles. The van der Waals surface area contributed by atoms with Gasteiger partial charge >= 0.3 is 5.97 Å². The maximum absolute atomic E-state index is 12.3. The lowest BCUT2D eigenvalue weighted by atomic mass is 9.77. The molecule has 0 bridgehead atoms. The molecule has 0 aliphatic rings. The van der Waals surface area contributed by atoms with Crippen LogP contribution in [0.15, 0.2) is 18.6 Å². The highest BCUT2D eigenvalue weighted by atomic mass is 16.4. The predicted octanol–water partition coefficient (Wildman–Crippen LogP) is 1.30. The van der Waals surface area contributed by atoms with Crippen LogP contribution < -0.4 is 5.32 Å². The Morgan fingerprint density at radius 2 is 1.95 bits per heavy atom. The van der Waals surface area contributed by atoms with E-state index in [1.54, 1.807) is 0 Å². The van der Waals surface area contributed by atoms with Gasteiger partial charge in [0.25, 0.3) is 0 Å². The molecule has 1 aromatic rings. The number of nitrogens with zero attached hydrogens (tertiary/aromatic N) is 2. The third-order valence-electron chi connectivity index (χ3n) is 3.35. The molecule has 7 nitrogen and oxygen atoms in total. The number of carboxylic acids is 1. The summed E-state index contributed by atoms with van der Waals surface area (Å²) in [6.45, 7) is 6.87. The number of hydrogen-bond donors (Lipinski definition) is 2. The Balaban J connectivity index is 2.88. The van der Waals surface area contributed by atoms with Crippen LogP contribution >= 0.6 is 0 Å². The average molecular weight is 307 g/mol. The summed E-state index contributed by atoms with van der Waals surface area (Å²) in [4.78, 5) is 43.0. The van der Waals surface area contributed by atoms with Gasteiger partial charge in [0, 0.05) is 12.6 Å². The van der Waals surface area contributed by atoms with Gasteiger partial charge in [-0.25, -0.2) is 9.97 Å². The van der Waals surface area contributed by atoms with Crippen molar-refractivity contribution in [3.05, 3.63) is 24.3 Å². The number of carboxylic acid groups (broad SMARTS) is 1. The van der Waals surface area contributed by atoms with Gasteiger partial charge in [-0.3, -0.25) is 14.4 Å². The second-order valence-electron chi connectivity index (χ2n) is 6.21. The highest BCUT2D eigenvalue weighted by molar-refractivity contribution is 5.97. The molecule has 0 radical (unpaired) electrons. The lowest BCUT2D eigenvalue weighted by molar-refractivity contribution is -0.142. The standard InChI is InChI=1S/C15H21N3O4/c1-9(14(21)22)18-13(20)10(15(2,3)4)7-12(19)11-5-6-16-8-17-11/h5-6,8-10H,7H2,1-4H3,(H,18,20)(H,21,22)/t9-,10+/m0/s1. The van der Waals surface area contributed by atoms with Crippen molar-refractivity contribution in [3.8, 4) is 0 Å². The van der Waals surface area contributed by atoms with Crippen molar-refractivity contribution in [1.82, 2.24) is 15.3 Å². The minimum absolute atomic E-state index is 0.0430. The summed E-state index contributed by atoms with van der Waals surface area (Å²) >= 11 is 0. The largest absolute Gasteiger partial charge is 0.480 e. The third-order valence-corrected chi connectivity index (χ3v) is 3.35. The van der Waals surface area contributed by atoms with Gasteiger partial charge in [-0.1, -0.05) is 20.8 Å². The van der Waals surface area contributed by atoms with Crippen LogP contribution in [0.2, 0.25) is 0 Å². The number of nitrogens with one attached hydrogen (secondary N) is 1. The molecule has 1 aromatic heterocycles. The van der Waals surface area contributed by atoms with E-state index in [0.29, 0.717) is 0 Å². The lowest BCUT2D eigenvalue weighted by Gasteiger charge is -2.29. The van der Waals surface area contributed by atoms with Gasteiger partial charge in [-0.05, 0) is 18.4 Å². The van der Waals surface area contributed by atoms with Crippen LogP contribution in [-0.2, 0) is 9.59 Å². The van der Waals surface area contributed by atoms with E-state index in [4.69, 9.17) is 5.11 Å². The molecule has 2 atom stereocenters. The SMILES string of the molecule is C[C@H](NC(=O)[C@@H](CC(=O)c1ccncn1)C(C)(C)C)C(=O)O. The maximum atomic E-state index is 12.3. The van der Waals surface area contributed by atoms with Crippen molar-refractivity contribution in [3.63, 3.8) is 0 Å². The van der Waals surface area contributed by atoms with E-state index in [1.807, 2.05) is 20.8 Å². The van der Waals surface area contributed by atoms with Crippen molar-refractivity contribution < 1.29 is 19.5 Å². The van der Waals surface area contributed by atoms with Crippen LogP contribution in [0.5, 0.6) is 0 Å². The number of Topliss-reactive ketones (excluding diaryl/α,β-unsaturated/α-hetero) is 1. The number of ketones is 1. The molecule has 0 saturated carbocycles. The summed E-state index contributed by atoms with van der Waals surface area (Å²) in [5.41, 5.74) is -0.256. The molecule has 0 spiro atoms. The second-order valence-corrected chi connectivity index (χ2v) is 6.21. The predicted molar refractivity (Wildman–Crippen MR) is 79.2 cm³/mol. The first kappa shape index (κ1) is 17.7. The highest BCUT2D eigenvalue weighted by Crippen LogP contribution is 2.30. The highest BCUT2D eigenvalue weighted by Gasteiger charge is 2.34. The topological polar surface area (TPSA) is 109 Å². The number of aliphatic carboxylic acids is 1. The minimum Gasteiger partial charge on any atom is -0.480 e. The van der Waals surface area contributed by atoms with Crippen LogP contribution in [0.4, 0.5) is 0 Å². The second kappa shape index (κ2) is 7.11. The van der Waals surface area contributed by atoms with Gasteiger partial charge in [0.1, 0.15) is 18.1 Å². The molecule has 7 heteroatoms. The Bertz CT molecular complexity index is 552. The smallest absolute Gasteiger partial charge is 0.325 e. The monoisotopic (exact) mass is 307 g/mol. The molecule has 1 amide bonds. The zero-order chi connectivity index (χ0) is 16.9. The first-order chi connectivity index (χ1) is 10.1. The van der Waals surface area contributed by atoms with E-state index in [2.05, 4.69) is 15.3 Å². The van der Waals surface area contributed by atoms with Crippen molar-refractivity contribution in [2.75, 3.05) is 0 Å². The zero-order valence-corrected chi connectivity index (χ0v) is 13.2. The quantitative estimate of drug-likeness (QED) is 0.767. The number of aromatic nitrogens is 2. The summed E-state index contributed by atoms with van der Waals surface area (Å²) in [6, 6.07) is 0.478. The summed E-state index contributed by atoms with van der Waals surface area (Å²) in [5.74, 6) is -2.51. The number of rotatable bonds is 6. The van der Waals surface area contributed by atoms with Gasteiger partial charge in [0.05, 0.1) is 5.92 Å². The molecule has 0 fully saturated rings. The molecule has 0 aliphatic carbocycles. The molecule has 0 aliphatic heterocycles. The molecule has 0 saturated heterocycles. The first-order valence-electron chi connectivity index (χ1n) is 6.95. The zero-order valence-electron chi connectivity index (χ0n) is 13.2. The lowest BCUT2D eigenvalue weighted by Crippen LogP contribution is -2.45. The van der Waals surface area contributed by atoms with Crippen molar-refractivity contribution >= 4 is 17.7 Å². The van der Waals surface area contributed by atoms with E-state index in [0.717, 1.165) is 0 Å². The average Bonchev–Trinajstić information content (AvgIpc) is 2.43. The maximum Gasteiger partial charge on any atom is 0.325 e. The summed E-state index contributed by atoms with van der Waals surface area (Å²) < 4.78 is 0. The Morgan fingerprint density at radius 3 is 2.41 bits per heavy atom. The van der Waals surface area contributed by atoms with E-state index in [9.17, 15) is 14.4 Å². The number of carbonyl (C=O) groups is 3. The number of carbonyl (C=O) groups excluding carboxylic acids is 2. The van der Waals surface area contributed by atoms with Crippen molar-refractivity contribution in [1.29, 1.82) is 0 Å². The molecule has 2 N–H and O–H groups in total. The van der Waals surface area contributed by atoms with Gasteiger partial charge in [0.2, 0.25) is 5.91 Å². The van der Waals surface area contributed by atoms with Crippen LogP contribution in [0.25, 0.3) is 0 Å². The summed E-state index contributed by atoms with van der Waals surface area (Å²) in [6.07, 6.45) is 2.68. The van der Waals surface area contributed by atoms with Crippen LogP contribution in [0, 0.1) is 11.3 Å². The number of amides is 1. The third kappa shape index (κ3) is 4.91. The first-order valence-corrected chi connectivity index (χ1v) is 6.95. The van der Waals surface area contributed by atoms with Gasteiger partial charge in [-0.15, -0.1) is 0 Å². The van der Waals surface area contributed by atoms with Crippen LogP contribution in [-0.4, -0.2) is 38.8 Å². The molecule has 0 unspecified atom stereocenters.